The number of rotatable bonds is 7. The number of pyridine rings is 1. The highest BCUT2D eigenvalue weighted by atomic mass is 16.6. The van der Waals surface area contributed by atoms with Gasteiger partial charge in [0.1, 0.15) is 24.0 Å². The number of aromatic nitrogens is 7. The van der Waals surface area contributed by atoms with E-state index in [1.807, 2.05) is 53.2 Å². The second-order valence-corrected chi connectivity index (χ2v) is 7.94. The zero-order valence-electron chi connectivity index (χ0n) is 17.6. The van der Waals surface area contributed by atoms with Gasteiger partial charge >= 0.3 is 6.01 Å². The van der Waals surface area contributed by atoms with Crippen molar-refractivity contribution in [3.8, 4) is 17.4 Å². The molecule has 4 atom stereocenters. The van der Waals surface area contributed by atoms with Crippen molar-refractivity contribution in [2.24, 2.45) is 0 Å². The molecule has 2 fully saturated rings. The van der Waals surface area contributed by atoms with Gasteiger partial charge in [-0.1, -0.05) is 11.2 Å². The molecule has 5 heterocycles. The zero-order chi connectivity index (χ0) is 22.0. The molecule has 33 heavy (non-hydrogen) atoms. The van der Waals surface area contributed by atoms with Crippen molar-refractivity contribution in [2.45, 2.75) is 30.8 Å². The molecule has 0 amide bonds. The van der Waals surface area contributed by atoms with Crippen LogP contribution in [0.1, 0.15) is 11.7 Å². The number of hydrogen-bond donors (Lipinski definition) is 1. The van der Waals surface area contributed by atoms with Crippen LogP contribution in [0.2, 0.25) is 0 Å². The van der Waals surface area contributed by atoms with E-state index in [1.54, 1.807) is 23.4 Å². The number of hydrogen-bond acceptors (Lipinski definition) is 9. The number of imidazole rings is 1. The molecule has 168 valence electrons. The van der Waals surface area contributed by atoms with E-state index in [2.05, 4.69) is 30.8 Å². The third-order valence-corrected chi connectivity index (χ3v) is 5.92. The number of tetrazole rings is 1. The van der Waals surface area contributed by atoms with E-state index in [-0.39, 0.29) is 24.3 Å². The Kier molecular flexibility index (Phi) is 5.26. The van der Waals surface area contributed by atoms with Crippen LogP contribution in [0.3, 0.4) is 0 Å². The molecule has 6 rings (SSSR count). The maximum Gasteiger partial charge on any atom is 0.341 e. The average Bonchev–Trinajstić information content (AvgIpc) is 3.64. The maximum absolute atomic E-state index is 6.09. The van der Waals surface area contributed by atoms with Gasteiger partial charge in [0.05, 0.1) is 31.3 Å². The molecule has 0 radical (unpaired) electrons. The van der Waals surface area contributed by atoms with Crippen molar-refractivity contribution in [2.75, 3.05) is 13.2 Å². The zero-order valence-corrected chi connectivity index (χ0v) is 17.6. The highest BCUT2D eigenvalue weighted by Gasteiger charge is 2.49. The van der Waals surface area contributed by atoms with Gasteiger partial charge in [-0.05, 0) is 46.8 Å². The van der Waals surface area contributed by atoms with E-state index in [9.17, 15) is 0 Å². The quantitative estimate of drug-likeness (QED) is 0.451. The van der Waals surface area contributed by atoms with Crippen molar-refractivity contribution >= 4 is 0 Å². The van der Waals surface area contributed by atoms with Gasteiger partial charge in [0.25, 0.3) is 0 Å². The molecule has 0 unspecified atom stereocenters. The Bertz CT molecular complexity index is 1180. The summed E-state index contributed by atoms with van der Waals surface area (Å²) in [6.07, 6.45) is 6.89. The average molecular weight is 446 g/mol. The Labute approximate surface area is 189 Å². The summed E-state index contributed by atoms with van der Waals surface area (Å²) < 4.78 is 21.7. The summed E-state index contributed by atoms with van der Waals surface area (Å²) in [5.74, 6) is 0.632. The number of benzene rings is 1. The SMILES string of the molecule is c1ccc(CN[C@H]2CO[C@H]3[C@@H]2OC[C@@H]3n2nnnc2Oc2ccc(-n3ccnc3)cc2)nc1. The summed E-state index contributed by atoms with van der Waals surface area (Å²) in [7, 11) is 0. The standard InChI is InChI=1S/C22H22N8O3/c1-2-8-24-15(3-1)11-25-18-12-31-21-19(13-32-20(18)21)30-22(26-27-28-30)33-17-6-4-16(5-7-17)29-10-9-23-14-29/h1-10,14,18-21,25H,11-13H2/t18-,19-,20+,21+/m0/s1. The minimum absolute atomic E-state index is 0.0681. The summed E-state index contributed by atoms with van der Waals surface area (Å²) in [4.78, 5) is 8.42. The van der Waals surface area contributed by atoms with Crippen molar-refractivity contribution in [3.63, 3.8) is 0 Å². The maximum atomic E-state index is 6.09. The summed E-state index contributed by atoms with van der Waals surface area (Å²) in [5, 5.41) is 15.5. The molecule has 2 saturated heterocycles. The minimum atomic E-state index is -0.174. The van der Waals surface area contributed by atoms with Crippen LogP contribution < -0.4 is 10.1 Å². The Balaban J connectivity index is 1.12. The fraction of sp³-hybridized carbons (Fsp3) is 0.318. The summed E-state index contributed by atoms with van der Waals surface area (Å²) in [6, 6.07) is 13.7. The van der Waals surface area contributed by atoms with Crippen LogP contribution in [0.15, 0.2) is 67.4 Å². The predicted molar refractivity (Wildman–Crippen MR) is 115 cm³/mol. The van der Waals surface area contributed by atoms with E-state index >= 15 is 0 Å². The molecule has 0 bridgehead atoms. The topological polar surface area (TPSA) is 114 Å². The molecule has 0 spiro atoms. The lowest BCUT2D eigenvalue weighted by Gasteiger charge is -2.18. The van der Waals surface area contributed by atoms with Gasteiger partial charge in [-0.3, -0.25) is 4.98 Å². The first-order chi connectivity index (χ1) is 16.3. The van der Waals surface area contributed by atoms with Crippen LogP contribution in [0.25, 0.3) is 5.69 Å². The number of nitrogens with one attached hydrogen (secondary N) is 1. The van der Waals surface area contributed by atoms with E-state index < -0.39 is 0 Å². The Morgan fingerprint density at radius 2 is 1.94 bits per heavy atom. The first-order valence-electron chi connectivity index (χ1n) is 10.8. The van der Waals surface area contributed by atoms with Crippen LogP contribution in [-0.4, -0.2) is 66.2 Å². The molecule has 0 aliphatic carbocycles. The molecule has 1 N–H and O–H groups in total. The largest absolute Gasteiger partial charge is 0.423 e. The van der Waals surface area contributed by atoms with E-state index in [0.717, 1.165) is 11.4 Å². The molecule has 3 aromatic heterocycles. The molecular weight excluding hydrogens is 424 g/mol. The third kappa shape index (κ3) is 3.97. The van der Waals surface area contributed by atoms with Gasteiger partial charge < -0.3 is 24.1 Å². The van der Waals surface area contributed by atoms with Crippen molar-refractivity contribution < 1.29 is 14.2 Å². The normalized spacial score (nSPS) is 24.1. The van der Waals surface area contributed by atoms with Gasteiger partial charge in [0.15, 0.2) is 0 Å². The van der Waals surface area contributed by atoms with Crippen molar-refractivity contribution in [1.82, 2.24) is 40.1 Å². The lowest BCUT2D eigenvalue weighted by Crippen LogP contribution is -2.40. The number of fused-ring (bicyclic) bond motifs is 1. The summed E-state index contributed by atoms with van der Waals surface area (Å²) in [5.41, 5.74) is 1.96. The lowest BCUT2D eigenvalue weighted by atomic mass is 10.1. The van der Waals surface area contributed by atoms with Gasteiger partial charge in [0, 0.05) is 30.8 Å². The Morgan fingerprint density at radius 1 is 1.03 bits per heavy atom. The Morgan fingerprint density at radius 3 is 2.76 bits per heavy atom. The molecule has 0 saturated carbocycles. The van der Waals surface area contributed by atoms with Gasteiger partial charge in [-0.2, -0.15) is 4.68 Å². The van der Waals surface area contributed by atoms with Crippen LogP contribution in [0, 0.1) is 0 Å². The van der Waals surface area contributed by atoms with Crippen LogP contribution >= 0.6 is 0 Å². The highest BCUT2D eigenvalue weighted by molar-refractivity contribution is 5.38. The monoisotopic (exact) mass is 446 g/mol. The van der Waals surface area contributed by atoms with Crippen LogP contribution in [0.4, 0.5) is 0 Å². The second kappa shape index (κ2) is 8.70. The van der Waals surface area contributed by atoms with Crippen LogP contribution in [-0.2, 0) is 16.0 Å². The fourth-order valence-corrected chi connectivity index (χ4v) is 4.27. The van der Waals surface area contributed by atoms with Crippen LogP contribution in [0.5, 0.6) is 11.8 Å². The van der Waals surface area contributed by atoms with Gasteiger partial charge in [0.2, 0.25) is 0 Å². The second-order valence-electron chi connectivity index (χ2n) is 7.94. The first kappa shape index (κ1) is 20.0. The highest BCUT2D eigenvalue weighted by Crippen LogP contribution is 2.36. The van der Waals surface area contributed by atoms with Gasteiger partial charge in [-0.25, -0.2) is 4.98 Å². The smallest absolute Gasteiger partial charge is 0.341 e. The number of ether oxygens (including phenoxy) is 3. The molecule has 2 aliphatic rings. The Hall–Kier alpha value is -3.67. The summed E-state index contributed by atoms with van der Waals surface area (Å²) in [6.45, 7) is 1.64. The minimum Gasteiger partial charge on any atom is -0.423 e. The molecule has 11 nitrogen and oxygen atoms in total. The molecule has 1 aromatic carbocycles. The third-order valence-electron chi connectivity index (χ3n) is 5.92. The fourth-order valence-electron chi connectivity index (χ4n) is 4.27. The summed E-state index contributed by atoms with van der Waals surface area (Å²) >= 11 is 0. The van der Waals surface area contributed by atoms with Gasteiger partial charge in [-0.15, -0.1) is 0 Å². The van der Waals surface area contributed by atoms with E-state index in [0.29, 0.717) is 31.5 Å². The molecule has 2 aliphatic heterocycles. The van der Waals surface area contributed by atoms with E-state index in [1.165, 1.54) is 0 Å². The predicted octanol–water partition coefficient (Wildman–Crippen LogP) is 1.54. The van der Waals surface area contributed by atoms with Crippen molar-refractivity contribution in [1.29, 1.82) is 0 Å². The molecule has 11 heteroatoms. The molecule has 4 aromatic rings. The van der Waals surface area contributed by atoms with E-state index in [4.69, 9.17) is 14.2 Å². The number of nitrogens with zero attached hydrogens (tertiary/aromatic N) is 7. The lowest BCUT2D eigenvalue weighted by molar-refractivity contribution is 0.0611. The van der Waals surface area contributed by atoms with Crippen molar-refractivity contribution in [3.05, 3.63) is 73.1 Å². The molecular formula is C22H22N8O3. The first-order valence-corrected chi connectivity index (χ1v) is 10.8.